The molecule has 34 heavy (non-hydrogen) atoms. The number of amides is 1. The molecule has 1 amide bonds. The predicted molar refractivity (Wildman–Crippen MR) is 116 cm³/mol. The van der Waals surface area contributed by atoms with Crippen molar-refractivity contribution in [3.63, 3.8) is 0 Å². The van der Waals surface area contributed by atoms with Gasteiger partial charge in [-0.1, -0.05) is 6.07 Å². The maximum atomic E-state index is 13.4. The summed E-state index contributed by atoms with van der Waals surface area (Å²) in [6.45, 7) is 0.965. The van der Waals surface area contributed by atoms with Crippen LogP contribution in [-0.2, 0) is 20.5 Å². The number of carbonyl (C=O) groups is 2. The molecule has 0 radical (unpaired) electrons. The summed E-state index contributed by atoms with van der Waals surface area (Å²) < 4.78 is 45.1. The van der Waals surface area contributed by atoms with Crippen LogP contribution in [-0.4, -0.2) is 39.4 Å². The van der Waals surface area contributed by atoms with Crippen LogP contribution >= 0.6 is 0 Å². The lowest BCUT2D eigenvalue weighted by atomic mass is 9.91. The van der Waals surface area contributed by atoms with Crippen molar-refractivity contribution < 1.29 is 27.5 Å². The fourth-order valence-corrected chi connectivity index (χ4v) is 4.89. The van der Waals surface area contributed by atoms with Crippen molar-refractivity contribution in [2.24, 2.45) is 0 Å². The van der Waals surface area contributed by atoms with Gasteiger partial charge in [-0.15, -0.1) is 0 Å². The molecule has 2 fully saturated rings. The third kappa shape index (κ3) is 4.14. The number of alkyl halides is 3. The molecule has 2 unspecified atom stereocenters. The highest BCUT2D eigenvalue weighted by Crippen LogP contribution is 2.53. The number of nitrogens with one attached hydrogen (secondary N) is 2. The number of hydrogen-bond donors (Lipinski definition) is 2. The Kier molecular flexibility index (Phi) is 5.57. The number of anilines is 3. The van der Waals surface area contributed by atoms with Crippen molar-refractivity contribution >= 4 is 29.3 Å². The number of hydrogen-bond acceptors (Lipinski definition) is 7. The van der Waals surface area contributed by atoms with E-state index in [1.165, 1.54) is 6.92 Å². The van der Waals surface area contributed by atoms with Crippen LogP contribution in [0.2, 0.25) is 0 Å². The standard InChI is InChI=1S/C23H24F3N5O3/c1-12(32)34-11-20(33)31-18-7-8-19(31)16-9-14(5-6-15(16)18)29-22-27-10-17(23(24,25)26)21(30-22)28-13-3-2-4-13/h5-6,9-10,13,18-19H,2-4,7-8,11H2,1H3,(H2,27,28,29,30). The zero-order chi connectivity index (χ0) is 24.0. The first-order valence-corrected chi connectivity index (χ1v) is 11.3. The molecule has 1 saturated carbocycles. The smallest absolute Gasteiger partial charge is 0.421 e. The molecule has 5 rings (SSSR count). The number of aromatic nitrogens is 2. The van der Waals surface area contributed by atoms with E-state index in [1.54, 1.807) is 11.0 Å². The molecular formula is C23H24F3N5O3. The zero-order valence-electron chi connectivity index (χ0n) is 18.5. The Morgan fingerprint density at radius 1 is 1.15 bits per heavy atom. The summed E-state index contributed by atoms with van der Waals surface area (Å²) in [5.41, 5.74) is 1.72. The molecule has 1 aliphatic carbocycles. The first kappa shape index (κ1) is 22.4. The third-order valence-electron chi connectivity index (χ3n) is 6.67. The van der Waals surface area contributed by atoms with Crippen molar-refractivity contribution in [2.75, 3.05) is 17.2 Å². The molecule has 2 aromatic rings. The topological polar surface area (TPSA) is 96.5 Å². The number of benzene rings is 1. The number of nitrogens with zero attached hydrogens (tertiary/aromatic N) is 3. The molecule has 2 atom stereocenters. The summed E-state index contributed by atoms with van der Waals surface area (Å²) in [4.78, 5) is 33.5. The van der Waals surface area contributed by atoms with E-state index in [0.29, 0.717) is 5.69 Å². The van der Waals surface area contributed by atoms with Crippen LogP contribution in [0.5, 0.6) is 0 Å². The fraction of sp³-hybridized carbons (Fsp3) is 0.478. The maximum absolute atomic E-state index is 13.4. The van der Waals surface area contributed by atoms with E-state index in [0.717, 1.165) is 49.4 Å². The SMILES string of the molecule is CC(=O)OCC(=O)N1C2CCC1c1cc(Nc3ncc(C(F)(F)F)c(NC4CCC4)n3)ccc12. The Bertz CT molecular complexity index is 1140. The van der Waals surface area contributed by atoms with Crippen LogP contribution in [0.15, 0.2) is 24.4 Å². The van der Waals surface area contributed by atoms with E-state index in [1.807, 2.05) is 12.1 Å². The highest BCUT2D eigenvalue weighted by atomic mass is 19.4. The minimum atomic E-state index is -4.56. The van der Waals surface area contributed by atoms with Gasteiger partial charge in [-0.2, -0.15) is 18.2 Å². The van der Waals surface area contributed by atoms with Gasteiger partial charge in [0.2, 0.25) is 5.95 Å². The van der Waals surface area contributed by atoms with Crippen LogP contribution in [0.4, 0.5) is 30.6 Å². The molecule has 180 valence electrons. The monoisotopic (exact) mass is 475 g/mol. The minimum absolute atomic E-state index is 0.0186. The summed E-state index contributed by atoms with van der Waals surface area (Å²) in [5, 5.41) is 5.89. The first-order valence-electron chi connectivity index (χ1n) is 11.3. The predicted octanol–water partition coefficient (Wildman–Crippen LogP) is 4.48. The lowest BCUT2D eigenvalue weighted by Gasteiger charge is -2.28. The lowest BCUT2D eigenvalue weighted by molar-refractivity contribution is -0.151. The molecule has 1 saturated heterocycles. The van der Waals surface area contributed by atoms with Crippen molar-refractivity contribution in [3.05, 3.63) is 41.1 Å². The number of ether oxygens (including phenoxy) is 1. The Hall–Kier alpha value is -3.37. The van der Waals surface area contributed by atoms with Gasteiger partial charge in [0.05, 0.1) is 12.1 Å². The Morgan fingerprint density at radius 2 is 1.88 bits per heavy atom. The van der Waals surface area contributed by atoms with Crippen LogP contribution in [0.25, 0.3) is 0 Å². The van der Waals surface area contributed by atoms with Gasteiger partial charge in [0.25, 0.3) is 5.91 Å². The van der Waals surface area contributed by atoms with E-state index in [4.69, 9.17) is 4.74 Å². The summed E-state index contributed by atoms with van der Waals surface area (Å²) >= 11 is 0. The third-order valence-corrected chi connectivity index (χ3v) is 6.67. The molecule has 1 aromatic carbocycles. The van der Waals surface area contributed by atoms with Crippen molar-refractivity contribution in [3.8, 4) is 0 Å². The van der Waals surface area contributed by atoms with Gasteiger partial charge in [0.1, 0.15) is 11.4 Å². The molecule has 1 aromatic heterocycles. The second-order valence-electron chi connectivity index (χ2n) is 8.88. The molecule has 8 nitrogen and oxygen atoms in total. The number of fused-ring (bicyclic) bond motifs is 5. The largest absolute Gasteiger partial charge is 0.456 e. The average molecular weight is 475 g/mol. The number of carbonyl (C=O) groups excluding carboxylic acids is 2. The minimum Gasteiger partial charge on any atom is -0.456 e. The van der Waals surface area contributed by atoms with Gasteiger partial charge in [0, 0.05) is 24.8 Å². The Morgan fingerprint density at radius 3 is 2.53 bits per heavy atom. The van der Waals surface area contributed by atoms with Gasteiger partial charge < -0.3 is 20.3 Å². The van der Waals surface area contributed by atoms with Crippen molar-refractivity contribution in [1.82, 2.24) is 14.9 Å². The van der Waals surface area contributed by atoms with Gasteiger partial charge in [0.15, 0.2) is 6.61 Å². The Labute approximate surface area is 193 Å². The second kappa shape index (κ2) is 8.44. The van der Waals surface area contributed by atoms with Gasteiger partial charge in [-0.05, 0) is 55.4 Å². The average Bonchev–Trinajstić information content (AvgIpc) is 3.31. The summed E-state index contributed by atoms with van der Waals surface area (Å²) in [6, 6.07) is 5.37. The molecule has 11 heteroatoms. The molecule has 3 aliphatic rings. The highest BCUT2D eigenvalue weighted by molar-refractivity contribution is 5.82. The summed E-state index contributed by atoms with van der Waals surface area (Å²) in [6.07, 6.45) is 0.454. The second-order valence-corrected chi connectivity index (χ2v) is 8.88. The fourth-order valence-electron chi connectivity index (χ4n) is 4.89. The van der Waals surface area contributed by atoms with Gasteiger partial charge in [-0.3, -0.25) is 9.59 Å². The number of halogens is 3. The molecular weight excluding hydrogens is 451 g/mol. The van der Waals surface area contributed by atoms with Gasteiger partial charge >= 0.3 is 12.1 Å². The maximum Gasteiger partial charge on any atom is 0.421 e. The van der Waals surface area contributed by atoms with Gasteiger partial charge in [-0.25, -0.2) is 4.98 Å². The van der Waals surface area contributed by atoms with E-state index in [2.05, 4.69) is 20.6 Å². The molecule has 0 spiro atoms. The van der Waals surface area contributed by atoms with E-state index >= 15 is 0 Å². The van der Waals surface area contributed by atoms with E-state index in [-0.39, 0.29) is 42.4 Å². The van der Waals surface area contributed by atoms with Crippen molar-refractivity contribution in [1.29, 1.82) is 0 Å². The van der Waals surface area contributed by atoms with Crippen LogP contribution in [0, 0.1) is 0 Å². The normalized spacial score (nSPS) is 21.1. The highest BCUT2D eigenvalue weighted by Gasteiger charge is 2.46. The molecule has 2 aliphatic heterocycles. The molecule has 2 bridgehead atoms. The van der Waals surface area contributed by atoms with E-state index < -0.39 is 17.7 Å². The number of esters is 1. The first-order chi connectivity index (χ1) is 16.2. The quantitative estimate of drug-likeness (QED) is 0.595. The molecule has 3 heterocycles. The lowest BCUT2D eigenvalue weighted by Crippen LogP contribution is -2.31. The molecule has 2 N–H and O–H groups in total. The number of rotatable bonds is 6. The summed E-state index contributed by atoms with van der Waals surface area (Å²) in [7, 11) is 0. The zero-order valence-corrected chi connectivity index (χ0v) is 18.5. The van der Waals surface area contributed by atoms with Crippen LogP contribution in [0.1, 0.15) is 67.8 Å². The van der Waals surface area contributed by atoms with Crippen LogP contribution in [0.3, 0.4) is 0 Å². The van der Waals surface area contributed by atoms with E-state index in [9.17, 15) is 22.8 Å². The van der Waals surface area contributed by atoms with Crippen molar-refractivity contribution in [2.45, 2.75) is 63.3 Å². The van der Waals surface area contributed by atoms with Crippen LogP contribution < -0.4 is 10.6 Å². The Balaban J connectivity index is 1.36. The summed E-state index contributed by atoms with van der Waals surface area (Å²) in [5.74, 6) is -0.921.